The van der Waals surface area contributed by atoms with E-state index < -0.39 is 0 Å². The molecule has 0 atom stereocenters. The van der Waals surface area contributed by atoms with Gasteiger partial charge in [0, 0.05) is 41.2 Å². The van der Waals surface area contributed by atoms with Gasteiger partial charge in [-0.3, -0.25) is 4.68 Å². The maximum atomic E-state index is 5.37. The van der Waals surface area contributed by atoms with Gasteiger partial charge in [0.05, 0.1) is 13.7 Å². The van der Waals surface area contributed by atoms with E-state index in [0.29, 0.717) is 18.2 Å². The van der Waals surface area contributed by atoms with Crippen LogP contribution in [0.5, 0.6) is 5.88 Å². The summed E-state index contributed by atoms with van der Waals surface area (Å²) in [5, 5.41) is 4.83. The SMILES string of the molecule is COc1ncccc1Cn1nc(-c2ncccn2)c2c1CCSC2. The molecular weight excluding hydrogens is 322 g/mol. The highest BCUT2D eigenvalue weighted by molar-refractivity contribution is 7.98. The molecule has 0 N–H and O–H groups in total. The minimum atomic E-state index is 0.636. The molecule has 122 valence electrons. The first kappa shape index (κ1) is 15.1. The Balaban J connectivity index is 1.77. The molecular formula is C17H17N5OS. The van der Waals surface area contributed by atoms with E-state index in [1.165, 1.54) is 11.3 Å². The minimum absolute atomic E-state index is 0.636. The molecule has 3 aromatic rings. The van der Waals surface area contributed by atoms with Gasteiger partial charge in [-0.05, 0) is 24.3 Å². The fourth-order valence-electron chi connectivity index (χ4n) is 2.93. The molecule has 24 heavy (non-hydrogen) atoms. The minimum Gasteiger partial charge on any atom is -0.481 e. The van der Waals surface area contributed by atoms with Crippen molar-refractivity contribution in [3.05, 3.63) is 53.6 Å². The molecule has 0 spiro atoms. The lowest BCUT2D eigenvalue weighted by atomic mass is 10.1. The summed E-state index contributed by atoms with van der Waals surface area (Å²) in [6, 6.07) is 5.77. The summed E-state index contributed by atoms with van der Waals surface area (Å²) in [4.78, 5) is 13.0. The summed E-state index contributed by atoms with van der Waals surface area (Å²) in [6.07, 6.45) is 6.25. The molecule has 1 aliphatic heterocycles. The van der Waals surface area contributed by atoms with Crippen molar-refractivity contribution in [1.82, 2.24) is 24.7 Å². The standard InChI is InChI=1S/C17H17N5OS/c1-23-17-12(4-2-6-20-17)10-22-14-5-9-24-11-13(14)15(21-22)16-18-7-3-8-19-16/h2-4,6-8H,5,9-11H2,1H3. The predicted octanol–water partition coefficient (Wildman–Crippen LogP) is 2.58. The average molecular weight is 339 g/mol. The van der Waals surface area contributed by atoms with Crippen molar-refractivity contribution in [3.63, 3.8) is 0 Å². The topological polar surface area (TPSA) is 65.7 Å². The Morgan fingerprint density at radius 3 is 2.83 bits per heavy atom. The Bertz CT molecular complexity index is 849. The number of thioether (sulfide) groups is 1. The van der Waals surface area contributed by atoms with E-state index >= 15 is 0 Å². The molecule has 0 fully saturated rings. The second-order valence-corrected chi connectivity index (χ2v) is 6.58. The zero-order valence-electron chi connectivity index (χ0n) is 13.3. The number of fused-ring (bicyclic) bond motifs is 1. The van der Waals surface area contributed by atoms with Crippen LogP contribution in [0, 0.1) is 0 Å². The van der Waals surface area contributed by atoms with E-state index in [0.717, 1.165) is 29.2 Å². The molecule has 0 aliphatic carbocycles. The molecule has 6 nitrogen and oxygen atoms in total. The summed E-state index contributed by atoms with van der Waals surface area (Å²) in [5.41, 5.74) is 4.42. The van der Waals surface area contributed by atoms with Gasteiger partial charge in [0.15, 0.2) is 5.82 Å². The third-order valence-electron chi connectivity index (χ3n) is 4.04. The predicted molar refractivity (Wildman–Crippen MR) is 93.0 cm³/mol. The number of pyridine rings is 1. The van der Waals surface area contributed by atoms with Crippen LogP contribution in [0.2, 0.25) is 0 Å². The maximum Gasteiger partial charge on any atom is 0.218 e. The van der Waals surface area contributed by atoms with Gasteiger partial charge in [-0.1, -0.05) is 6.07 Å². The molecule has 3 aromatic heterocycles. The lowest BCUT2D eigenvalue weighted by Gasteiger charge is -2.14. The number of aromatic nitrogens is 5. The van der Waals surface area contributed by atoms with Gasteiger partial charge < -0.3 is 4.74 Å². The fourth-order valence-corrected chi connectivity index (χ4v) is 3.92. The fraction of sp³-hybridized carbons (Fsp3) is 0.294. The number of hydrogen-bond acceptors (Lipinski definition) is 6. The molecule has 7 heteroatoms. The molecule has 4 rings (SSSR count). The van der Waals surface area contributed by atoms with Gasteiger partial charge in [-0.2, -0.15) is 16.9 Å². The average Bonchev–Trinajstić information content (AvgIpc) is 3.02. The van der Waals surface area contributed by atoms with E-state index in [1.807, 2.05) is 30.0 Å². The van der Waals surface area contributed by atoms with Crippen LogP contribution in [0.3, 0.4) is 0 Å². The van der Waals surface area contributed by atoms with Crippen LogP contribution in [0.4, 0.5) is 0 Å². The van der Waals surface area contributed by atoms with Crippen LogP contribution >= 0.6 is 11.8 Å². The molecule has 0 amide bonds. The van der Waals surface area contributed by atoms with E-state index in [1.54, 1.807) is 25.7 Å². The Hall–Kier alpha value is -2.41. The summed E-state index contributed by atoms with van der Waals surface area (Å²) in [6.45, 7) is 0.636. The number of nitrogens with zero attached hydrogens (tertiary/aromatic N) is 5. The van der Waals surface area contributed by atoms with Crippen molar-refractivity contribution >= 4 is 11.8 Å². The Labute approximate surface area is 144 Å². The third kappa shape index (κ3) is 2.75. The quantitative estimate of drug-likeness (QED) is 0.728. The molecule has 0 saturated carbocycles. The largest absolute Gasteiger partial charge is 0.481 e. The molecule has 0 unspecified atom stereocenters. The first-order valence-electron chi connectivity index (χ1n) is 7.78. The van der Waals surface area contributed by atoms with Crippen LogP contribution in [0.15, 0.2) is 36.8 Å². The van der Waals surface area contributed by atoms with Crippen molar-refractivity contribution < 1.29 is 4.74 Å². The molecule has 0 radical (unpaired) electrons. The summed E-state index contributed by atoms with van der Waals surface area (Å²) in [7, 11) is 1.64. The van der Waals surface area contributed by atoms with E-state index in [2.05, 4.69) is 19.6 Å². The zero-order chi connectivity index (χ0) is 16.4. The van der Waals surface area contributed by atoms with E-state index in [4.69, 9.17) is 9.84 Å². The Morgan fingerprint density at radius 1 is 1.17 bits per heavy atom. The first-order valence-corrected chi connectivity index (χ1v) is 8.94. The lowest BCUT2D eigenvalue weighted by Crippen LogP contribution is -2.11. The first-order chi connectivity index (χ1) is 11.9. The van der Waals surface area contributed by atoms with E-state index in [-0.39, 0.29) is 0 Å². The van der Waals surface area contributed by atoms with Gasteiger partial charge in [0.2, 0.25) is 5.88 Å². The molecule has 0 bridgehead atoms. The second-order valence-electron chi connectivity index (χ2n) is 5.48. The van der Waals surface area contributed by atoms with Crippen molar-refractivity contribution in [2.24, 2.45) is 0 Å². The van der Waals surface area contributed by atoms with Crippen LogP contribution in [0.25, 0.3) is 11.5 Å². The monoisotopic (exact) mass is 339 g/mol. The summed E-state index contributed by atoms with van der Waals surface area (Å²) < 4.78 is 7.43. The lowest BCUT2D eigenvalue weighted by molar-refractivity contribution is 0.390. The highest BCUT2D eigenvalue weighted by atomic mass is 32.2. The third-order valence-corrected chi connectivity index (χ3v) is 5.02. The van der Waals surface area contributed by atoms with E-state index in [9.17, 15) is 0 Å². The van der Waals surface area contributed by atoms with Crippen molar-refractivity contribution in [2.45, 2.75) is 18.7 Å². The number of hydrogen-bond donors (Lipinski definition) is 0. The normalized spacial score (nSPS) is 13.5. The highest BCUT2D eigenvalue weighted by Gasteiger charge is 2.23. The van der Waals surface area contributed by atoms with Crippen molar-refractivity contribution in [2.75, 3.05) is 12.9 Å². The van der Waals surface area contributed by atoms with Crippen molar-refractivity contribution in [1.29, 1.82) is 0 Å². The van der Waals surface area contributed by atoms with Gasteiger partial charge >= 0.3 is 0 Å². The number of ether oxygens (including phenoxy) is 1. The van der Waals surface area contributed by atoms with Crippen LogP contribution in [-0.4, -0.2) is 37.6 Å². The Morgan fingerprint density at radius 2 is 2.00 bits per heavy atom. The van der Waals surface area contributed by atoms with Gasteiger partial charge in [0.1, 0.15) is 5.69 Å². The summed E-state index contributed by atoms with van der Waals surface area (Å²) >= 11 is 1.93. The second kappa shape index (κ2) is 6.60. The van der Waals surface area contributed by atoms with Crippen LogP contribution < -0.4 is 4.74 Å². The maximum absolute atomic E-state index is 5.37. The summed E-state index contributed by atoms with van der Waals surface area (Å²) in [5.74, 6) is 3.39. The van der Waals surface area contributed by atoms with Gasteiger partial charge in [-0.15, -0.1) is 0 Å². The smallest absolute Gasteiger partial charge is 0.218 e. The van der Waals surface area contributed by atoms with Crippen molar-refractivity contribution in [3.8, 4) is 17.4 Å². The number of methoxy groups -OCH3 is 1. The molecule has 4 heterocycles. The Kier molecular flexibility index (Phi) is 4.17. The van der Waals surface area contributed by atoms with Crippen LogP contribution in [-0.2, 0) is 18.7 Å². The highest BCUT2D eigenvalue weighted by Crippen LogP contribution is 2.32. The molecule has 1 aliphatic rings. The zero-order valence-corrected chi connectivity index (χ0v) is 14.2. The number of rotatable bonds is 4. The molecule has 0 aromatic carbocycles. The van der Waals surface area contributed by atoms with Crippen LogP contribution in [0.1, 0.15) is 16.8 Å². The molecule has 0 saturated heterocycles. The van der Waals surface area contributed by atoms with Gasteiger partial charge in [0.25, 0.3) is 0 Å². The van der Waals surface area contributed by atoms with Gasteiger partial charge in [-0.25, -0.2) is 15.0 Å².